The molecule has 1 unspecified atom stereocenters. The van der Waals surface area contributed by atoms with Gasteiger partial charge >= 0.3 is 0 Å². The smallest absolute Gasteiger partial charge is 0.0972 e. The second-order valence-corrected chi connectivity index (χ2v) is 4.71. The predicted molar refractivity (Wildman–Crippen MR) is 68.6 cm³/mol. The molecule has 0 aliphatic rings. The average molecular weight is 239 g/mol. The second kappa shape index (κ2) is 8.23. The van der Waals surface area contributed by atoms with Crippen molar-refractivity contribution in [1.82, 2.24) is 15.0 Å². The Morgan fingerprint density at radius 3 is 2.41 bits per heavy atom. The third-order valence-electron chi connectivity index (χ3n) is 3.17. The molecule has 0 aliphatic carbocycles. The zero-order valence-electron chi connectivity index (χ0n) is 11.1. The van der Waals surface area contributed by atoms with Crippen LogP contribution in [0.4, 0.5) is 0 Å². The summed E-state index contributed by atoms with van der Waals surface area (Å²) in [6.07, 6.45) is 11.0. The zero-order chi connectivity index (χ0) is 12.5. The van der Waals surface area contributed by atoms with Gasteiger partial charge in [0.2, 0.25) is 0 Å². The largest absolute Gasteiger partial charge is 0.387 e. The van der Waals surface area contributed by atoms with Gasteiger partial charge in [0.05, 0.1) is 18.0 Å². The summed E-state index contributed by atoms with van der Waals surface area (Å²) in [5.74, 6) is 0. The number of aliphatic hydroxyl groups is 1. The molecular formula is C13H25N3O. The molecule has 1 aromatic rings. The second-order valence-electron chi connectivity index (χ2n) is 4.71. The van der Waals surface area contributed by atoms with Crippen molar-refractivity contribution in [3.05, 3.63) is 11.9 Å². The van der Waals surface area contributed by atoms with Crippen LogP contribution in [0.3, 0.4) is 0 Å². The SMILES string of the molecule is CCCCCCCCCC(O)c1cnnn1C. The van der Waals surface area contributed by atoms with Gasteiger partial charge < -0.3 is 5.11 Å². The van der Waals surface area contributed by atoms with Gasteiger partial charge in [-0.25, -0.2) is 4.68 Å². The zero-order valence-corrected chi connectivity index (χ0v) is 11.1. The van der Waals surface area contributed by atoms with Gasteiger partial charge in [-0.3, -0.25) is 0 Å². The number of hydrogen-bond acceptors (Lipinski definition) is 3. The Bertz CT molecular complexity index is 299. The van der Waals surface area contributed by atoms with E-state index in [1.165, 1.54) is 38.5 Å². The van der Waals surface area contributed by atoms with Crippen LogP contribution in [0.25, 0.3) is 0 Å². The monoisotopic (exact) mass is 239 g/mol. The molecule has 1 N–H and O–H groups in total. The van der Waals surface area contributed by atoms with Gasteiger partial charge in [0.15, 0.2) is 0 Å². The quantitative estimate of drug-likeness (QED) is 0.674. The van der Waals surface area contributed by atoms with Gasteiger partial charge in [0.1, 0.15) is 0 Å². The van der Waals surface area contributed by atoms with Gasteiger partial charge in [0, 0.05) is 7.05 Å². The first-order chi connectivity index (χ1) is 8.25. The Labute approximate surface area is 104 Å². The lowest BCUT2D eigenvalue weighted by molar-refractivity contribution is 0.154. The number of nitrogens with zero attached hydrogens (tertiary/aromatic N) is 3. The first-order valence-corrected chi connectivity index (χ1v) is 6.78. The minimum Gasteiger partial charge on any atom is -0.387 e. The van der Waals surface area contributed by atoms with Crippen LogP contribution in [0.1, 0.15) is 70.1 Å². The van der Waals surface area contributed by atoms with E-state index in [2.05, 4.69) is 17.2 Å². The number of unbranched alkanes of at least 4 members (excludes halogenated alkanes) is 6. The molecule has 0 fully saturated rings. The standard InChI is InChI=1S/C13H25N3O/c1-3-4-5-6-7-8-9-10-13(17)12-11-14-15-16(12)2/h11,13,17H,3-10H2,1-2H3. The highest BCUT2D eigenvalue weighted by Crippen LogP contribution is 2.18. The molecule has 4 heteroatoms. The molecule has 0 aromatic carbocycles. The van der Waals surface area contributed by atoms with Crippen LogP contribution >= 0.6 is 0 Å². The van der Waals surface area contributed by atoms with E-state index in [4.69, 9.17) is 0 Å². The summed E-state index contributed by atoms with van der Waals surface area (Å²) in [5.41, 5.74) is 0.816. The van der Waals surface area contributed by atoms with E-state index in [1.54, 1.807) is 10.9 Å². The van der Waals surface area contributed by atoms with Gasteiger partial charge in [-0.1, -0.05) is 57.1 Å². The van der Waals surface area contributed by atoms with E-state index in [0.29, 0.717) is 0 Å². The Morgan fingerprint density at radius 2 is 1.82 bits per heavy atom. The van der Waals surface area contributed by atoms with E-state index in [1.807, 2.05) is 7.05 Å². The third kappa shape index (κ3) is 5.31. The third-order valence-corrected chi connectivity index (χ3v) is 3.17. The predicted octanol–water partition coefficient (Wildman–Crippen LogP) is 2.99. The molecule has 0 saturated heterocycles. The molecule has 17 heavy (non-hydrogen) atoms. The summed E-state index contributed by atoms with van der Waals surface area (Å²) in [7, 11) is 1.82. The number of hydrogen-bond donors (Lipinski definition) is 1. The average Bonchev–Trinajstić information content (AvgIpc) is 2.74. The molecule has 1 atom stereocenters. The lowest BCUT2D eigenvalue weighted by Crippen LogP contribution is -2.05. The fraction of sp³-hybridized carbons (Fsp3) is 0.846. The van der Waals surface area contributed by atoms with E-state index in [0.717, 1.165) is 18.5 Å². The van der Waals surface area contributed by atoms with E-state index in [-0.39, 0.29) is 0 Å². The van der Waals surface area contributed by atoms with Crippen molar-refractivity contribution >= 4 is 0 Å². The van der Waals surface area contributed by atoms with E-state index in [9.17, 15) is 5.11 Å². The Hall–Kier alpha value is -0.900. The van der Waals surface area contributed by atoms with E-state index < -0.39 is 6.10 Å². The van der Waals surface area contributed by atoms with Gasteiger partial charge in [-0.2, -0.15) is 0 Å². The lowest BCUT2D eigenvalue weighted by Gasteiger charge is -2.09. The summed E-state index contributed by atoms with van der Waals surface area (Å²) >= 11 is 0. The molecule has 1 rings (SSSR count). The molecule has 1 heterocycles. The van der Waals surface area contributed by atoms with Crippen LogP contribution in [-0.2, 0) is 7.05 Å². The van der Waals surface area contributed by atoms with Crippen molar-refractivity contribution < 1.29 is 5.11 Å². The minimum absolute atomic E-state index is 0.411. The maximum Gasteiger partial charge on any atom is 0.0972 e. The summed E-state index contributed by atoms with van der Waals surface area (Å²) in [6.45, 7) is 2.23. The lowest BCUT2D eigenvalue weighted by atomic mass is 10.1. The van der Waals surface area contributed by atoms with Gasteiger partial charge in [-0.05, 0) is 6.42 Å². The molecular weight excluding hydrogens is 214 g/mol. The number of aromatic nitrogens is 3. The molecule has 0 bridgehead atoms. The molecule has 0 radical (unpaired) electrons. The molecule has 0 aliphatic heterocycles. The van der Waals surface area contributed by atoms with Crippen molar-refractivity contribution in [2.24, 2.45) is 7.05 Å². The van der Waals surface area contributed by atoms with Crippen LogP contribution in [0.2, 0.25) is 0 Å². The number of rotatable bonds is 9. The van der Waals surface area contributed by atoms with Crippen molar-refractivity contribution in [2.45, 2.75) is 64.4 Å². The first kappa shape index (κ1) is 14.2. The molecule has 0 amide bonds. The van der Waals surface area contributed by atoms with Crippen LogP contribution in [-0.4, -0.2) is 20.1 Å². The molecule has 98 valence electrons. The minimum atomic E-state index is -0.411. The van der Waals surface area contributed by atoms with Crippen LogP contribution in [0, 0.1) is 0 Å². The van der Waals surface area contributed by atoms with Gasteiger partial charge in [0.25, 0.3) is 0 Å². The fourth-order valence-electron chi connectivity index (χ4n) is 2.04. The maximum atomic E-state index is 9.93. The first-order valence-electron chi connectivity index (χ1n) is 6.78. The normalized spacial score (nSPS) is 12.9. The van der Waals surface area contributed by atoms with Crippen LogP contribution < -0.4 is 0 Å². The Balaban J connectivity index is 2.05. The molecule has 0 saturated carbocycles. The Kier molecular flexibility index (Phi) is 6.86. The molecule has 4 nitrogen and oxygen atoms in total. The fourth-order valence-corrected chi connectivity index (χ4v) is 2.04. The summed E-state index contributed by atoms with van der Waals surface area (Å²) in [6, 6.07) is 0. The van der Waals surface area contributed by atoms with Crippen molar-refractivity contribution in [3.63, 3.8) is 0 Å². The summed E-state index contributed by atoms with van der Waals surface area (Å²) in [4.78, 5) is 0. The van der Waals surface area contributed by atoms with Crippen molar-refractivity contribution in [3.8, 4) is 0 Å². The number of aliphatic hydroxyl groups excluding tert-OH is 1. The molecule has 0 spiro atoms. The van der Waals surface area contributed by atoms with Gasteiger partial charge in [-0.15, -0.1) is 5.10 Å². The Morgan fingerprint density at radius 1 is 1.18 bits per heavy atom. The van der Waals surface area contributed by atoms with Crippen molar-refractivity contribution in [1.29, 1.82) is 0 Å². The molecule has 1 aromatic heterocycles. The summed E-state index contributed by atoms with van der Waals surface area (Å²) < 4.78 is 1.64. The maximum absolute atomic E-state index is 9.93. The van der Waals surface area contributed by atoms with Crippen molar-refractivity contribution in [2.75, 3.05) is 0 Å². The topological polar surface area (TPSA) is 50.9 Å². The van der Waals surface area contributed by atoms with Crippen LogP contribution in [0.15, 0.2) is 6.20 Å². The highest BCUT2D eigenvalue weighted by molar-refractivity contribution is 4.97. The van der Waals surface area contributed by atoms with Crippen LogP contribution in [0.5, 0.6) is 0 Å². The number of aryl methyl sites for hydroxylation is 1. The summed E-state index contributed by atoms with van der Waals surface area (Å²) in [5, 5.41) is 17.5. The highest BCUT2D eigenvalue weighted by Gasteiger charge is 2.11. The highest BCUT2D eigenvalue weighted by atomic mass is 16.3. The van der Waals surface area contributed by atoms with E-state index >= 15 is 0 Å².